The zero-order valence-electron chi connectivity index (χ0n) is 14.4. The Morgan fingerprint density at radius 2 is 1.75 bits per heavy atom. The Labute approximate surface area is 168 Å². The van der Waals surface area contributed by atoms with Crippen molar-refractivity contribution in [2.75, 3.05) is 11.9 Å². The third kappa shape index (κ3) is 4.69. The highest BCUT2D eigenvalue weighted by Gasteiger charge is 2.63. The highest BCUT2D eigenvalue weighted by Crippen LogP contribution is 2.34. The first-order valence-electron chi connectivity index (χ1n) is 7.95. The van der Waals surface area contributed by atoms with Gasteiger partial charge < -0.3 is 15.4 Å². The van der Waals surface area contributed by atoms with E-state index < -0.39 is 23.7 Å². The van der Waals surface area contributed by atoms with Crippen LogP contribution in [-0.4, -0.2) is 30.3 Å². The van der Waals surface area contributed by atoms with E-state index in [1.807, 2.05) is 5.32 Å². The fraction of sp³-hybridized carbons (Fsp3) is 0.222. The number of carbonyl (C=O) groups is 2. The molecular weight excluding hydrogens is 420 g/mol. The molecule has 0 saturated carbocycles. The Kier molecular flexibility index (Phi) is 6.79. The molecule has 0 unspecified atom stereocenters. The molecule has 10 heteroatoms. The quantitative estimate of drug-likeness (QED) is 0.512. The van der Waals surface area contributed by atoms with E-state index in [1.165, 1.54) is 55.5 Å². The molecule has 2 rings (SSSR count). The van der Waals surface area contributed by atoms with Crippen LogP contribution in [0.3, 0.4) is 0 Å². The van der Waals surface area contributed by atoms with Crippen LogP contribution in [-0.2, 0) is 9.53 Å². The molecule has 1 atom stereocenters. The lowest BCUT2D eigenvalue weighted by Gasteiger charge is -2.35. The van der Waals surface area contributed by atoms with Gasteiger partial charge in [-0.15, -0.1) is 0 Å². The molecule has 0 aliphatic heterocycles. The van der Waals surface area contributed by atoms with Gasteiger partial charge in [0, 0.05) is 10.7 Å². The zero-order valence-corrected chi connectivity index (χ0v) is 16.0. The number of hydrogen-bond acceptors (Lipinski definition) is 4. The van der Waals surface area contributed by atoms with Crippen LogP contribution >= 0.6 is 23.2 Å². The Bertz CT molecular complexity index is 877. The van der Waals surface area contributed by atoms with Crippen LogP contribution in [0.25, 0.3) is 0 Å². The standard InChI is InChI=1S/C18H15Cl2F3N2O3/c1-2-28-16(27)17(18(21,22)23,24-12-7-5-6-11(19)10-12)25-15(26)13-8-3-4-9-14(13)20/h3-10,24H,2H2,1H3,(H,25,26)/t17-/m0/s1. The van der Waals surface area contributed by atoms with Crippen LogP contribution in [0.5, 0.6) is 0 Å². The van der Waals surface area contributed by atoms with E-state index >= 15 is 0 Å². The van der Waals surface area contributed by atoms with Crippen LogP contribution in [0.1, 0.15) is 17.3 Å². The van der Waals surface area contributed by atoms with Gasteiger partial charge in [0.1, 0.15) is 0 Å². The fourth-order valence-corrected chi connectivity index (χ4v) is 2.71. The summed E-state index contributed by atoms with van der Waals surface area (Å²) in [4.78, 5) is 24.9. The maximum absolute atomic E-state index is 14.1. The molecule has 0 aromatic heterocycles. The second kappa shape index (κ2) is 8.70. The lowest BCUT2D eigenvalue weighted by atomic mass is 10.1. The molecule has 0 fully saturated rings. The van der Waals surface area contributed by atoms with E-state index in [2.05, 4.69) is 4.74 Å². The summed E-state index contributed by atoms with van der Waals surface area (Å²) in [7, 11) is 0. The number of alkyl halides is 3. The van der Waals surface area contributed by atoms with Crippen LogP contribution in [0.2, 0.25) is 10.0 Å². The molecule has 0 aliphatic carbocycles. The van der Waals surface area contributed by atoms with Gasteiger partial charge in [-0.25, -0.2) is 4.79 Å². The molecule has 2 N–H and O–H groups in total. The zero-order chi connectivity index (χ0) is 20.9. The first kappa shape index (κ1) is 21.8. The van der Waals surface area contributed by atoms with Crippen molar-refractivity contribution in [1.29, 1.82) is 0 Å². The summed E-state index contributed by atoms with van der Waals surface area (Å²) in [5.74, 6) is -2.95. The predicted molar refractivity (Wildman–Crippen MR) is 99.4 cm³/mol. The molecule has 2 aromatic carbocycles. The van der Waals surface area contributed by atoms with Gasteiger partial charge in [-0.3, -0.25) is 4.79 Å². The highest BCUT2D eigenvalue weighted by molar-refractivity contribution is 6.34. The smallest absolute Gasteiger partial charge is 0.441 e. The minimum absolute atomic E-state index is 0.0808. The van der Waals surface area contributed by atoms with Crippen molar-refractivity contribution >= 4 is 40.8 Å². The predicted octanol–water partition coefficient (Wildman–Crippen LogP) is 4.66. The number of amides is 1. The van der Waals surface area contributed by atoms with Gasteiger partial charge in [0.25, 0.3) is 5.91 Å². The van der Waals surface area contributed by atoms with Crippen molar-refractivity contribution in [3.63, 3.8) is 0 Å². The molecule has 0 spiro atoms. The molecule has 1 amide bonds. The normalized spacial score (nSPS) is 13.4. The SMILES string of the molecule is CCOC(=O)[C@@](NC(=O)c1ccccc1Cl)(Nc1cccc(Cl)c1)C(F)(F)F. The summed E-state index contributed by atoms with van der Waals surface area (Å²) in [5, 5.41) is 3.77. The lowest BCUT2D eigenvalue weighted by molar-refractivity contribution is -0.204. The average molecular weight is 435 g/mol. The molecule has 28 heavy (non-hydrogen) atoms. The van der Waals surface area contributed by atoms with Gasteiger partial charge in [0.15, 0.2) is 0 Å². The number of anilines is 1. The van der Waals surface area contributed by atoms with Gasteiger partial charge in [-0.1, -0.05) is 41.4 Å². The molecular formula is C18H15Cl2F3N2O3. The van der Waals surface area contributed by atoms with Crippen molar-refractivity contribution in [2.45, 2.75) is 18.8 Å². The first-order valence-corrected chi connectivity index (χ1v) is 8.71. The number of ether oxygens (including phenoxy) is 1. The fourth-order valence-electron chi connectivity index (χ4n) is 2.30. The van der Waals surface area contributed by atoms with Crippen molar-refractivity contribution in [1.82, 2.24) is 5.32 Å². The summed E-state index contributed by atoms with van der Waals surface area (Å²) in [6.07, 6.45) is -5.27. The van der Waals surface area contributed by atoms with Crippen LogP contribution in [0.4, 0.5) is 18.9 Å². The Morgan fingerprint density at radius 1 is 1.07 bits per heavy atom. The number of carbonyl (C=O) groups excluding carboxylic acids is 2. The number of nitrogens with one attached hydrogen (secondary N) is 2. The van der Waals surface area contributed by atoms with Crippen molar-refractivity contribution in [3.8, 4) is 0 Å². The summed E-state index contributed by atoms with van der Waals surface area (Å²) >= 11 is 11.7. The molecule has 0 bridgehead atoms. The highest BCUT2D eigenvalue weighted by atomic mass is 35.5. The number of benzene rings is 2. The molecule has 0 radical (unpaired) electrons. The van der Waals surface area contributed by atoms with E-state index in [9.17, 15) is 22.8 Å². The third-order valence-electron chi connectivity index (χ3n) is 3.58. The largest absolute Gasteiger partial charge is 0.463 e. The summed E-state index contributed by atoms with van der Waals surface area (Å²) in [6.45, 7) is 1.00. The lowest BCUT2D eigenvalue weighted by Crippen LogP contribution is -2.69. The van der Waals surface area contributed by atoms with E-state index in [4.69, 9.17) is 23.2 Å². The summed E-state index contributed by atoms with van der Waals surface area (Å²) in [6, 6.07) is 10.7. The monoisotopic (exact) mass is 434 g/mol. The third-order valence-corrected chi connectivity index (χ3v) is 4.15. The van der Waals surface area contributed by atoms with Crippen molar-refractivity contribution in [2.24, 2.45) is 0 Å². The Morgan fingerprint density at radius 3 is 2.32 bits per heavy atom. The topological polar surface area (TPSA) is 67.4 Å². The van der Waals surface area contributed by atoms with Crippen molar-refractivity contribution < 1.29 is 27.5 Å². The van der Waals surface area contributed by atoms with Crippen LogP contribution < -0.4 is 10.6 Å². The number of esters is 1. The van der Waals surface area contributed by atoms with Gasteiger partial charge in [0.2, 0.25) is 0 Å². The molecule has 0 heterocycles. The second-order valence-corrected chi connectivity index (χ2v) is 6.38. The average Bonchev–Trinajstić information content (AvgIpc) is 2.60. The maximum Gasteiger partial charge on any atom is 0.441 e. The van der Waals surface area contributed by atoms with E-state index in [-0.39, 0.29) is 27.9 Å². The second-order valence-electron chi connectivity index (χ2n) is 5.54. The Hall–Kier alpha value is -2.45. The molecule has 0 saturated heterocycles. The summed E-state index contributed by atoms with van der Waals surface area (Å²) < 4.78 is 46.8. The molecule has 5 nitrogen and oxygen atoms in total. The van der Waals surface area contributed by atoms with E-state index in [0.717, 1.165) is 0 Å². The van der Waals surface area contributed by atoms with Crippen LogP contribution in [0.15, 0.2) is 48.5 Å². The number of halogens is 5. The summed E-state index contributed by atoms with van der Waals surface area (Å²) in [5.41, 5.74) is -3.96. The van der Waals surface area contributed by atoms with Gasteiger partial charge in [0.05, 0.1) is 17.2 Å². The molecule has 0 aliphatic rings. The van der Waals surface area contributed by atoms with E-state index in [1.54, 1.807) is 5.32 Å². The number of rotatable bonds is 6. The number of hydrogen-bond donors (Lipinski definition) is 2. The van der Waals surface area contributed by atoms with Crippen LogP contribution in [0, 0.1) is 0 Å². The molecule has 150 valence electrons. The minimum Gasteiger partial charge on any atom is -0.463 e. The van der Waals surface area contributed by atoms with Gasteiger partial charge in [-0.05, 0) is 37.3 Å². The van der Waals surface area contributed by atoms with E-state index in [0.29, 0.717) is 0 Å². The van der Waals surface area contributed by atoms with Crippen molar-refractivity contribution in [3.05, 3.63) is 64.1 Å². The van der Waals surface area contributed by atoms with Gasteiger partial charge in [-0.2, -0.15) is 13.2 Å². The Balaban J connectivity index is 2.54. The molecule has 2 aromatic rings. The first-order chi connectivity index (χ1) is 13.1. The van der Waals surface area contributed by atoms with Gasteiger partial charge >= 0.3 is 17.8 Å². The maximum atomic E-state index is 14.1. The minimum atomic E-state index is -5.27.